The number of carbonyl (C=O) groups excluding carboxylic acids is 1. The van der Waals surface area contributed by atoms with E-state index in [2.05, 4.69) is 68.4 Å². The van der Waals surface area contributed by atoms with Crippen molar-refractivity contribution in [2.45, 2.75) is 38.6 Å². The maximum Gasteiger partial charge on any atom is 0.222 e. The van der Waals surface area contributed by atoms with Crippen LogP contribution in [0.4, 0.5) is 0 Å². The van der Waals surface area contributed by atoms with Gasteiger partial charge in [-0.15, -0.1) is 24.0 Å². The van der Waals surface area contributed by atoms with Gasteiger partial charge < -0.3 is 15.1 Å². The topological polar surface area (TPSA) is 51.2 Å². The first-order valence-corrected chi connectivity index (χ1v) is 11.4. The molecule has 1 aromatic carbocycles. The Morgan fingerprint density at radius 2 is 1.90 bits per heavy atom. The fraction of sp³-hybridized carbons (Fsp3) is 0.583. The highest BCUT2D eigenvalue weighted by Gasteiger charge is 2.26. The lowest BCUT2D eigenvalue weighted by Crippen LogP contribution is -2.52. The number of nitrogens with zero attached hydrogens (tertiary/aromatic N) is 4. The number of carbonyl (C=O) groups is 1. The second-order valence-electron chi connectivity index (χ2n) is 8.12. The summed E-state index contributed by atoms with van der Waals surface area (Å²) in [4.78, 5) is 23.4. The quantitative estimate of drug-likeness (QED) is 0.313. The third-order valence-corrected chi connectivity index (χ3v) is 6.14. The predicted molar refractivity (Wildman–Crippen MR) is 140 cm³/mol. The summed E-state index contributed by atoms with van der Waals surface area (Å²) in [5.41, 5.74) is 1.25. The summed E-state index contributed by atoms with van der Waals surface area (Å²) in [6.45, 7) is 9.00. The number of aliphatic imine (C=N–C) groups is 1. The minimum atomic E-state index is 0. The third kappa shape index (κ3) is 7.79. The average molecular weight is 540 g/mol. The van der Waals surface area contributed by atoms with E-state index in [-0.39, 0.29) is 24.0 Å². The SMILES string of the molecule is CCC(CCNC(=NC)N1CCN(C/C=C/c2ccccc2)CC1)N1CCCC1=O.I. The highest BCUT2D eigenvalue weighted by Crippen LogP contribution is 2.17. The molecule has 7 heteroatoms. The molecule has 0 aromatic heterocycles. The van der Waals surface area contributed by atoms with Crippen LogP contribution in [0.3, 0.4) is 0 Å². The number of benzene rings is 1. The molecule has 1 unspecified atom stereocenters. The largest absolute Gasteiger partial charge is 0.356 e. The summed E-state index contributed by atoms with van der Waals surface area (Å²) >= 11 is 0. The lowest BCUT2D eigenvalue weighted by Gasteiger charge is -2.36. The smallest absolute Gasteiger partial charge is 0.222 e. The first-order valence-electron chi connectivity index (χ1n) is 11.4. The minimum absolute atomic E-state index is 0. The van der Waals surface area contributed by atoms with Gasteiger partial charge in [-0.1, -0.05) is 49.4 Å². The zero-order valence-electron chi connectivity index (χ0n) is 19.0. The molecule has 3 rings (SSSR count). The molecule has 31 heavy (non-hydrogen) atoms. The molecular weight excluding hydrogens is 501 g/mol. The van der Waals surface area contributed by atoms with Crippen LogP contribution in [0.1, 0.15) is 38.2 Å². The van der Waals surface area contributed by atoms with Crippen LogP contribution in [0.2, 0.25) is 0 Å². The monoisotopic (exact) mass is 539 g/mol. The van der Waals surface area contributed by atoms with E-state index >= 15 is 0 Å². The Bertz CT molecular complexity index is 716. The first kappa shape index (κ1) is 25.6. The summed E-state index contributed by atoms with van der Waals surface area (Å²) in [5.74, 6) is 1.31. The Morgan fingerprint density at radius 1 is 1.16 bits per heavy atom. The highest BCUT2D eigenvalue weighted by atomic mass is 127. The van der Waals surface area contributed by atoms with Crippen LogP contribution in [0.25, 0.3) is 6.08 Å². The number of amides is 1. The van der Waals surface area contributed by atoms with Crippen molar-refractivity contribution >= 4 is 41.9 Å². The zero-order valence-corrected chi connectivity index (χ0v) is 21.3. The van der Waals surface area contributed by atoms with Gasteiger partial charge in [0.2, 0.25) is 5.91 Å². The Kier molecular flexibility index (Phi) is 11.4. The van der Waals surface area contributed by atoms with Crippen LogP contribution in [0.15, 0.2) is 41.4 Å². The van der Waals surface area contributed by atoms with Gasteiger partial charge in [0.1, 0.15) is 0 Å². The maximum absolute atomic E-state index is 12.0. The van der Waals surface area contributed by atoms with Crippen molar-refractivity contribution in [3.63, 3.8) is 0 Å². The molecule has 1 N–H and O–H groups in total. The lowest BCUT2D eigenvalue weighted by molar-refractivity contribution is -0.129. The highest BCUT2D eigenvalue weighted by molar-refractivity contribution is 14.0. The fourth-order valence-electron chi connectivity index (χ4n) is 4.36. The number of hydrogen-bond donors (Lipinski definition) is 1. The van der Waals surface area contributed by atoms with E-state index < -0.39 is 0 Å². The van der Waals surface area contributed by atoms with Gasteiger partial charge >= 0.3 is 0 Å². The van der Waals surface area contributed by atoms with Crippen molar-refractivity contribution in [1.82, 2.24) is 20.0 Å². The van der Waals surface area contributed by atoms with Crippen LogP contribution < -0.4 is 5.32 Å². The molecular formula is C24H38IN5O. The van der Waals surface area contributed by atoms with Crippen molar-refractivity contribution in [2.75, 3.05) is 52.9 Å². The molecule has 2 aliphatic heterocycles. The Balaban J connectivity index is 0.00000341. The standard InChI is InChI=1S/C24H37N5O.HI/c1-3-22(29-16-8-12-23(29)30)13-14-26-24(25-2)28-19-17-27(18-20-28)15-7-11-21-9-5-4-6-10-21;/h4-7,9-11,22H,3,8,12-20H2,1-2H3,(H,25,26);1H/b11-7+;. The molecule has 6 nitrogen and oxygen atoms in total. The minimum Gasteiger partial charge on any atom is -0.356 e. The van der Waals surface area contributed by atoms with Crippen molar-refractivity contribution in [3.05, 3.63) is 42.0 Å². The van der Waals surface area contributed by atoms with Gasteiger partial charge in [0.25, 0.3) is 0 Å². The Labute approximate surface area is 204 Å². The van der Waals surface area contributed by atoms with Crippen molar-refractivity contribution in [2.24, 2.45) is 4.99 Å². The summed E-state index contributed by atoms with van der Waals surface area (Å²) < 4.78 is 0. The molecule has 1 amide bonds. The second-order valence-corrected chi connectivity index (χ2v) is 8.12. The summed E-state index contributed by atoms with van der Waals surface area (Å²) in [6.07, 6.45) is 8.17. The zero-order chi connectivity index (χ0) is 21.2. The van der Waals surface area contributed by atoms with Crippen LogP contribution in [-0.4, -0.2) is 85.5 Å². The molecule has 172 valence electrons. The first-order chi connectivity index (χ1) is 14.7. The molecule has 2 aliphatic rings. The van der Waals surface area contributed by atoms with Gasteiger partial charge in [0.15, 0.2) is 5.96 Å². The maximum atomic E-state index is 12.0. The molecule has 1 aromatic rings. The van der Waals surface area contributed by atoms with Crippen LogP contribution in [0.5, 0.6) is 0 Å². The van der Waals surface area contributed by atoms with Gasteiger partial charge in [-0.05, 0) is 24.8 Å². The Hall–Kier alpha value is -1.61. The molecule has 0 spiro atoms. The van der Waals surface area contributed by atoms with Gasteiger partial charge in [-0.25, -0.2) is 0 Å². The number of hydrogen-bond acceptors (Lipinski definition) is 3. The second kappa shape index (κ2) is 13.7. The van der Waals surface area contributed by atoms with Crippen molar-refractivity contribution < 1.29 is 4.79 Å². The molecule has 2 saturated heterocycles. The number of nitrogens with one attached hydrogen (secondary N) is 1. The predicted octanol–water partition coefficient (Wildman–Crippen LogP) is 3.30. The van der Waals surface area contributed by atoms with E-state index in [0.717, 1.165) is 77.5 Å². The lowest BCUT2D eigenvalue weighted by atomic mass is 10.1. The Morgan fingerprint density at radius 3 is 2.52 bits per heavy atom. The number of rotatable bonds is 8. The summed E-state index contributed by atoms with van der Waals surface area (Å²) in [7, 11) is 1.86. The average Bonchev–Trinajstić information content (AvgIpc) is 3.21. The van der Waals surface area contributed by atoms with E-state index in [0.29, 0.717) is 11.9 Å². The van der Waals surface area contributed by atoms with Gasteiger partial charge in [0, 0.05) is 65.3 Å². The number of piperazine rings is 1. The van der Waals surface area contributed by atoms with Crippen LogP contribution >= 0.6 is 24.0 Å². The normalized spacial score (nSPS) is 19.0. The van der Waals surface area contributed by atoms with E-state index in [1.807, 2.05) is 13.1 Å². The van der Waals surface area contributed by atoms with E-state index in [9.17, 15) is 4.79 Å². The summed E-state index contributed by atoms with van der Waals surface area (Å²) in [6, 6.07) is 10.8. The van der Waals surface area contributed by atoms with Crippen LogP contribution in [-0.2, 0) is 4.79 Å². The van der Waals surface area contributed by atoms with Crippen molar-refractivity contribution in [1.29, 1.82) is 0 Å². The van der Waals surface area contributed by atoms with Crippen LogP contribution in [0, 0.1) is 0 Å². The molecule has 0 bridgehead atoms. The van der Waals surface area contributed by atoms with Gasteiger partial charge in [-0.3, -0.25) is 14.7 Å². The number of guanidine groups is 1. The molecule has 0 radical (unpaired) electrons. The van der Waals surface area contributed by atoms with Gasteiger partial charge in [0.05, 0.1) is 0 Å². The van der Waals surface area contributed by atoms with E-state index in [1.54, 1.807) is 0 Å². The van der Waals surface area contributed by atoms with Gasteiger partial charge in [-0.2, -0.15) is 0 Å². The molecule has 2 fully saturated rings. The number of likely N-dealkylation sites (tertiary alicyclic amines) is 1. The van der Waals surface area contributed by atoms with E-state index in [1.165, 1.54) is 5.56 Å². The molecule has 0 aliphatic carbocycles. The molecule has 2 heterocycles. The summed E-state index contributed by atoms with van der Waals surface area (Å²) in [5, 5.41) is 3.53. The molecule has 0 saturated carbocycles. The third-order valence-electron chi connectivity index (χ3n) is 6.14. The molecule has 1 atom stereocenters. The fourth-order valence-corrected chi connectivity index (χ4v) is 4.36. The number of halogens is 1. The van der Waals surface area contributed by atoms with E-state index in [4.69, 9.17) is 0 Å². The van der Waals surface area contributed by atoms with Crippen molar-refractivity contribution in [3.8, 4) is 0 Å².